The summed E-state index contributed by atoms with van der Waals surface area (Å²) in [4.78, 5) is 0. The number of hydrogen-bond acceptors (Lipinski definition) is 5. The van der Waals surface area contributed by atoms with Crippen molar-refractivity contribution in [2.24, 2.45) is 0 Å². The van der Waals surface area contributed by atoms with Crippen LogP contribution in [0.3, 0.4) is 0 Å². The van der Waals surface area contributed by atoms with Crippen LogP contribution in [0.5, 0.6) is 0 Å². The predicted molar refractivity (Wildman–Crippen MR) is 73.2 cm³/mol. The largest absolute Gasteiger partial charge is 0.373 e. The Balaban J connectivity index is 2.08. The van der Waals surface area contributed by atoms with Crippen LogP contribution in [0.25, 0.3) is 0 Å². The van der Waals surface area contributed by atoms with Crippen LogP contribution in [0.15, 0.2) is 10.6 Å². The maximum Gasteiger partial charge on any atom is 0.282 e. The Morgan fingerprint density at radius 2 is 2.00 bits per heavy atom. The molecule has 2 rings (SSSR count). The molecule has 114 valence electrons. The van der Waals surface area contributed by atoms with Gasteiger partial charge >= 0.3 is 0 Å². The number of hydrogen-bond donors (Lipinski definition) is 0. The number of aromatic nitrogens is 1. The van der Waals surface area contributed by atoms with Crippen LogP contribution in [0.1, 0.15) is 25.3 Å². The second-order valence-electron chi connectivity index (χ2n) is 5.27. The third-order valence-corrected chi connectivity index (χ3v) is 5.04. The van der Waals surface area contributed by atoms with Gasteiger partial charge in [0, 0.05) is 26.2 Å². The molecule has 1 aromatic rings. The summed E-state index contributed by atoms with van der Waals surface area (Å²) in [5.74, 6) is 0.666. The van der Waals surface area contributed by atoms with Crippen LogP contribution < -0.4 is 0 Å². The summed E-state index contributed by atoms with van der Waals surface area (Å²) >= 11 is 0. The molecule has 0 aliphatic carbocycles. The number of aryl methyl sites for hydroxylation is 1. The molecule has 0 spiro atoms. The minimum absolute atomic E-state index is 0.101. The highest BCUT2D eigenvalue weighted by molar-refractivity contribution is 7.86. The van der Waals surface area contributed by atoms with Crippen molar-refractivity contribution in [2.75, 3.05) is 20.1 Å². The molecule has 1 aromatic heterocycles. The molecule has 0 amide bonds. The van der Waals surface area contributed by atoms with Crippen molar-refractivity contribution in [1.29, 1.82) is 0 Å². The predicted octanol–water partition coefficient (Wildman–Crippen LogP) is 0.769. The zero-order valence-electron chi connectivity index (χ0n) is 12.2. The van der Waals surface area contributed by atoms with Gasteiger partial charge in [-0.2, -0.15) is 17.0 Å². The van der Waals surface area contributed by atoms with E-state index in [-0.39, 0.29) is 18.8 Å². The summed E-state index contributed by atoms with van der Waals surface area (Å²) in [7, 11) is -1.97. The first kappa shape index (κ1) is 15.4. The van der Waals surface area contributed by atoms with Crippen molar-refractivity contribution >= 4 is 10.2 Å². The lowest BCUT2D eigenvalue weighted by molar-refractivity contribution is -0.0453. The maximum absolute atomic E-state index is 12.5. The standard InChI is InChI=1S/C12H21N3O4S/c1-9-5-12(13-19-9)8-14(4)20(16,17)15-6-10(2)18-11(3)7-15/h5,10-11H,6-8H2,1-4H3/t10-,11-/m1/s1. The molecule has 1 aliphatic heterocycles. The van der Waals surface area contributed by atoms with E-state index < -0.39 is 10.2 Å². The van der Waals surface area contributed by atoms with Crippen LogP contribution >= 0.6 is 0 Å². The molecule has 0 saturated carbocycles. The molecule has 0 bridgehead atoms. The minimum atomic E-state index is -3.51. The molecule has 1 aliphatic rings. The van der Waals surface area contributed by atoms with Crippen molar-refractivity contribution in [3.8, 4) is 0 Å². The van der Waals surface area contributed by atoms with Gasteiger partial charge < -0.3 is 9.26 Å². The van der Waals surface area contributed by atoms with Crippen LogP contribution in [-0.4, -0.2) is 54.5 Å². The Labute approximate surface area is 119 Å². The van der Waals surface area contributed by atoms with Gasteiger partial charge in [-0.05, 0) is 20.8 Å². The Morgan fingerprint density at radius 1 is 1.40 bits per heavy atom. The fourth-order valence-corrected chi connectivity index (χ4v) is 3.80. The zero-order valence-corrected chi connectivity index (χ0v) is 13.1. The molecule has 8 heteroatoms. The lowest BCUT2D eigenvalue weighted by atomic mass is 10.3. The lowest BCUT2D eigenvalue weighted by Crippen LogP contribution is -2.52. The van der Waals surface area contributed by atoms with E-state index in [9.17, 15) is 8.42 Å². The summed E-state index contributed by atoms with van der Waals surface area (Å²) in [6, 6.07) is 1.73. The molecule has 7 nitrogen and oxygen atoms in total. The fraction of sp³-hybridized carbons (Fsp3) is 0.750. The third-order valence-electron chi connectivity index (χ3n) is 3.17. The SMILES string of the molecule is Cc1cc(CN(C)S(=O)(=O)N2C[C@@H](C)O[C@H](C)C2)no1. The summed E-state index contributed by atoms with van der Waals surface area (Å²) < 4.78 is 38.3. The van der Waals surface area contributed by atoms with E-state index in [2.05, 4.69) is 5.16 Å². The summed E-state index contributed by atoms with van der Waals surface area (Å²) in [5.41, 5.74) is 0.600. The van der Waals surface area contributed by atoms with Gasteiger partial charge in [-0.3, -0.25) is 0 Å². The van der Waals surface area contributed by atoms with Gasteiger partial charge in [0.25, 0.3) is 10.2 Å². The van der Waals surface area contributed by atoms with Crippen LogP contribution in [0.2, 0.25) is 0 Å². The summed E-state index contributed by atoms with van der Waals surface area (Å²) in [5, 5.41) is 3.82. The van der Waals surface area contributed by atoms with Gasteiger partial charge in [0.05, 0.1) is 24.4 Å². The molecule has 20 heavy (non-hydrogen) atoms. The Morgan fingerprint density at radius 3 is 2.50 bits per heavy atom. The van der Waals surface area contributed by atoms with Gasteiger partial charge in [0.15, 0.2) is 0 Å². The van der Waals surface area contributed by atoms with Crippen LogP contribution in [0, 0.1) is 6.92 Å². The maximum atomic E-state index is 12.5. The van der Waals surface area contributed by atoms with Crippen LogP contribution in [-0.2, 0) is 21.5 Å². The monoisotopic (exact) mass is 303 g/mol. The molecule has 2 atom stereocenters. The summed E-state index contributed by atoms with van der Waals surface area (Å²) in [6.07, 6.45) is -0.201. The first-order valence-electron chi connectivity index (χ1n) is 6.58. The fourth-order valence-electron chi connectivity index (χ4n) is 2.32. The van der Waals surface area contributed by atoms with E-state index in [4.69, 9.17) is 9.26 Å². The van der Waals surface area contributed by atoms with E-state index in [1.165, 1.54) is 8.61 Å². The zero-order chi connectivity index (χ0) is 14.9. The number of nitrogens with zero attached hydrogens (tertiary/aromatic N) is 3. The van der Waals surface area contributed by atoms with E-state index in [0.29, 0.717) is 24.5 Å². The van der Waals surface area contributed by atoms with E-state index in [1.54, 1.807) is 20.0 Å². The molecule has 1 saturated heterocycles. The highest BCUT2D eigenvalue weighted by atomic mass is 32.2. The highest BCUT2D eigenvalue weighted by Gasteiger charge is 2.33. The molecular weight excluding hydrogens is 282 g/mol. The first-order chi connectivity index (χ1) is 9.29. The molecule has 0 aromatic carbocycles. The smallest absolute Gasteiger partial charge is 0.282 e. The van der Waals surface area contributed by atoms with Gasteiger partial charge in [-0.1, -0.05) is 5.16 Å². The van der Waals surface area contributed by atoms with E-state index in [1.807, 2.05) is 13.8 Å². The van der Waals surface area contributed by atoms with Crippen molar-refractivity contribution in [3.05, 3.63) is 17.5 Å². The van der Waals surface area contributed by atoms with Crippen molar-refractivity contribution < 1.29 is 17.7 Å². The average Bonchev–Trinajstić information content (AvgIpc) is 2.73. The Kier molecular flexibility index (Phi) is 4.48. The lowest BCUT2D eigenvalue weighted by Gasteiger charge is -2.36. The molecule has 0 radical (unpaired) electrons. The highest BCUT2D eigenvalue weighted by Crippen LogP contribution is 2.18. The second kappa shape index (κ2) is 5.80. The number of rotatable bonds is 4. The van der Waals surface area contributed by atoms with Gasteiger partial charge in [0.1, 0.15) is 5.76 Å². The third kappa shape index (κ3) is 3.38. The average molecular weight is 303 g/mol. The molecule has 0 N–H and O–H groups in total. The molecule has 0 unspecified atom stereocenters. The van der Waals surface area contributed by atoms with Gasteiger partial charge in [-0.15, -0.1) is 0 Å². The molecule has 2 heterocycles. The molecule has 1 fully saturated rings. The minimum Gasteiger partial charge on any atom is -0.373 e. The van der Waals surface area contributed by atoms with Crippen LogP contribution in [0.4, 0.5) is 0 Å². The normalized spacial score (nSPS) is 25.2. The van der Waals surface area contributed by atoms with Crippen molar-refractivity contribution in [2.45, 2.75) is 39.5 Å². The summed E-state index contributed by atoms with van der Waals surface area (Å²) in [6.45, 7) is 6.46. The van der Waals surface area contributed by atoms with Gasteiger partial charge in [0.2, 0.25) is 0 Å². The van der Waals surface area contributed by atoms with E-state index in [0.717, 1.165) is 0 Å². The quantitative estimate of drug-likeness (QED) is 0.821. The van der Waals surface area contributed by atoms with Crippen molar-refractivity contribution in [3.63, 3.8) is 0 Å². The topological polar surface area (TPSA) is 75.9 Å². The second-order valence-corrected chi connectivity index (χ2v) is 7.30. The van der Waals surface area contributed by atoms with Gasteiger partial charge in [-0.25, -0.2) is 0 Å². The van der Waals surface area contributed by atoms with E-state index >= 15 is 0 Å². The number of morpholine rings is 1. The Hall–Kier alpha value is -0.960. The Bertz CT molecular complexity index is 547. The van der Waals surface area contributed by atoms with Crippen molar-refractivity contribution in [1.82, 2.24) is 13.8 Å². The first-order valence-corrected chi connectivity index (χ1v) is 7.98. The molecular formula is C12H21N3O4S. The number of ether oxygens (including phenoxy) is 1.